The zero-order valence-electron chi connectivity index (χ0n) is 11.7. The van der Waals surface area contributed by atoms with Crippen molar-refractivity contribution in [1.82, 2.24) is 4.98 Å². The Morgan fingerprint density at radius 3 is 2.65 bits per heavy atom. The van der Waals surface area contributed by atoms with Crippen molar-refractivity contribution in [3.8, 4) is 17.0 Å². The Morgan fingerprint density at radius 1 is 1.15 bits per heavy atom. The largest absolute Gasteiger partial charge is 0.495 e. The Labute approximate surface area is 119 Å². The molecule has 2 heterocycles. The molecule has 2 aromatic rings. The molecule has 1 aliphatic rings. The maximum Gasteiger partial charge on any atom is 0.141 e. The number of nitrogen functional groups attached to an aromatic ring is 1. The lowest BCUT2D eigenvalue weighted by Crippen LogP contribution is -2.18. The van der Waals surface area contributed by atoms with E-state index in [-0.39, 0.29) is 0 Å². The monoisotopic (exact) mass is 269 g/mol. The highest BCUT2D eigenvalue weighted by Crippen LogP contribution is 2.28. The predicted molar refractivity (Wildman–Crippen MR) is 82.1 cm³/mol. The van der Waals surface area contributed by atoms with Crippen molar-refractivity contribution in [1.29, 1.82) is 0 Å². The third-order valence-electron chi connectivity index (χ3n) is 3.69. The lowest BCUT2D eigenvalue weighted by Gasteiger charge is -2.17. The van der Waals surface area contributed by atoms with E-state index >= 15 is 0 Å². The molecule has 0 amide bonds. The Hall–Kier alpha value is -2.23. The first-order valence-electron chi connectivity index (χ1n) is 6.94. The maximum atomic E-state index is 5.97. The molecule has 0 bridgehead atoms. The van der Waals surface area contributed by atoms with E-state index < -0.39 is 0 Å². The van der Waals surface area contributed by atoms with Crippen LogP contribution in [0.2, 0.25) is 0 Å². The molecule has 1 saturated heterocycles. The smallest absolute Gasteiger partial charge is 0.141 e. The zero-order valence-corrected chi connectivity index (χ0v) is 11.7. The molecular weight excluding hydrogens is 250 g/mol. The highest BCUT2D eigenvalue weighted by Gasteiger charge is 2.14. The number of hydrogen-bond donors (Lipinski definition) is 1. The van der Waals surface area contributed by atoms with Crippen LogP contribution in [0.25, 0.3) is 11.3 Å². The molecule has 2 N–H and O–H groups in total. The second-order valence-electron chi connectivity index (χ2n) is 5.03. The van der Waals surface area contributed by atoms with Gasteiger partial charge in [-0.2, -0.15) is 0 Å². The summed E-state index contributed by atoms with van der Waals surface area (Å²) in [6.45, 7) is 2.20. The first-order valence-corrected chi connectivity index (χ1v) is 6.94. The van der Waals surface area contributed by atoms with Gasteiger partial charge in [0.2, 0.25) is 0 Å². The standard InChI is InChI=1S/C16H19N3O/c1-20-15-8-7-12(11-13(15)17)14-5-4-6-16(18-14)19-9-2-3-10-19/h4-8,11H,2-3,9-10,17H2,1H3. The van der Waals surface area contributed by atoms with Gasteiger partial charge in [-0.25, -0.2) is 4.98 Å². The molecule has 0 unspecified atom stereocenters. The fourth-order valence-electron chi connectivity index (χ4n) is 2.60. The molecule has 3 rings (SSSR count). The van der Waals surface area contributed by atoms with Crippen LogP contribution in [0.1, 0.15) is 12.8 Å². The van der Waals surface area contributed by atoms with Gasteiger partial charge in [-0.15, -0.1) is 0 Å². The Balaban J connectivity index is 1.93. The molecule has 1 aromatic carbocycles. The lowest BCUT2D eigenvalue weighted by molar-refractivity contribution is 0.417. The van der Waals surface area contributed by atoms with E-state index in [1.54, 1.807) is 7.11 Å². The van der Waals surface area contributed by atoms with Crippen LogP contribution in [0.15, 0.2) is 36.4 Å². The number of benzene rings is 1. The summed E-state index contributed by atoms with van der Waals surface area (Å²) in [6, 6.07) is 11.9. The number of ether oxygens (including phenoxy) is 1. The summed E-state index contributed by atoms with van der Waals surface area (Å²) in [7, 11) is 1.62. The quantitative estimate of drug-likeness (QED) is 0.870. The number of anilines is 2. The summed E-state index contributed by atoms with van der Waals surface area (Å²) in [5.74, 6) is 1.75. The van der Waals surface area contributed by atoms with Gasteiger partial charge in [0.25, 0.3) is 0 Å². The van der Waals surface area contributed by atoms with Gasteiger partial charge in [0.15, 0.2) is 0 Å². The first-order chi connectivity index (χ1) is 9.78. The fourth-order valence-corrected chi connectivity index (χ4v) is 2.60. The molecule has 4 nitrogen and oxygen atoms in total. The van der Waals surface area contributed by atoms with Gasteiger partial charge in [-0.05, 0) is 43.2 Å². The Kier molecular flexibility index (Phi) is 3.46. The fraction of sp³-hybridized carbons (Fsp3) is 0.312. The van der Waals surface area contributed by atoms with Crippen molar-refractivity contribution in [2.45, 2.75) is 12.8 Å². The molecule has 0 radical (unpaired) electrons. The van der Waals surface area contributed by atoms with Crippen LogP contribution in [0, 0.1) is 0 Å². The van der Waals surface area contributed by atoms with E-state index in [0.29, 0.717) is 11.4 Å². The molecule has 1 aliphatic heterocycles. The molecular formula is C16H19N3O. The minimum Gasteiger partial charge on any atom is -0.495 e. The van der Waals surface area contributed by atoms with Gasteiger partial charge >= 0.3 is 0 Å². The zero-order chi connectivity index (χ0) is 13.9. The maximum absolute atomic E-state index is 5.97. The minimum atomic E-state index is 0.637. The molecule has 1 aromatic heterocycles. The molecule has 0 saturated carbocycles. The third kappa shape index (κ3) is 2.41. The molecule has 1 fully saturated rings. The van der Waals surface area contributed by atoms with Crippen LogP contribution in [-0.4, -0.2) is 25.2 Å². The Morgan fingerprint density at radius 2 is 1.95 bits per heavy atom. The summed E-state index contributed by atoms with van der Waals surface area (Å²) >= 11 is 0. The number of pyridine rings is 1. The Bertz CT molecular complexity index is 606. The molecule has 0 atom stereocenters. The van der Waals surface area contributed by atoms with E-state index in [0.717, 1.165) is 30.2 Å². The lowest BCUT2D eigenvalue weighted by atomic mass is 10.1. The summed E-state index contributed by atoms with van der Waals surface area (Å²) in [5, 5.41) is 0. The second kappa shape index (κ2) is 5.41. The molecule has 4 heteroatoms. The molecule has 0 aliphatic carbocycles. The van der Waals surface area contributed by atoms with Crippen molar-refractivity contribution >= 4 is 11.5 Å². The van der Waals surface area contributed by atoms with Gasteiger partial charge in [0.1, 0.15) is 11.6 Å². The van der Waals surface area contributed by atoms with E-state index in [4.69, 9.17) is 15.5 Å². The first kappa shape index (κ1) is 12.8. The summed E-state index contributed by atoms with van der Waals surface area (Å²) in [6.07, 6.45) is 2.50. The molecule has 0 spiro atoms. The van der Waals surface area contributed by atoms with E-state index in [1.807, 2.05) is 24.3 Å². The van der Waals surface area contributed by atoms with Crippen molar-refractivity contribution in [2.24, 2.45) is 0 Å². The van der Waals surface area contributed by atoms with Crippen molar-refractivity contribution in [3.05, 3.63) is 36.4 Å². The van der Waals surface area contributed by atoms with Crippen LogP contribution < -0.4 is 15.4 Å². The number of aromatic nitrogens is 1. The topological polar surface area (TPSA) is 51.4 Å². The average Bonchev–Trinajstić information content (AvgIpc) is 3.01. The third-order valence-corrected chi connectivity index (χ3v) is 3.69. The van der Waals surface area contributed by atoms with E-state index in [2.05, 4.69) is 17.0 Å². The normalized spacial score (nSPS) is 14.6. The highest BCUT2D eigenvalue weighted by molar-refractivity contribution is 5.69. The van der Waals surface area contributed by atoms with Crippen LogP contribution >= 0.6 is 0 Å². The molecule has 104 valence electrons. The predicted octanol–water partition coefficient (Wildman–Crippen LogP) is 2.94. The van der Waals surface area contributed by atoms with Gasteiger partial charge in [-0.1, -0.05) is 6.07 Å². The number of rotatable bonds is 3. The highest BCUT2D eigenvalue weighted by atomic mass is 16.5. The minimum absolute atomic E-state index is 0.637. The number of methoxy groups -OCH3 is 1. The van der Waals surface area contributed by atoms with Crippen LogP contribution in [0.4, 0.5) is 11.5 Å². The second-order valence-corrected chi connectivity index (χ2v) is 5.03. The van der Waals surface area contributed by atoms with Crippen molar-refractivity contribution in [2.75, 3.05) is 30.8 Å². The number of nitrogens with two attached hydrogens (primary N) is 1. The summed E-state index contributed by atoms with van der Waals surface area (Å²) < 4.78 is 5.19. The van der Waals surface area contributed by atoms with E-state index in [1.165, 1.54) is 12.8 Å². The van der Waals surface area contributed by atoms with Crippen LogP contribution in [0.3, 0.4) is 0 Å². The number of nitrogens with zero attached hydrogens (tertiary/aromatic N) is 2. The van der Waals surface area contributed by atoms with Crippen LogP contribution in [0.5, 0.6) is 5.75 Å². The van der Waals surface area contributed by atoms with Crippen LogP contribution in [-0.2, 0) is 0 Å². The van der Waals surface area contributed by atoms with Gasteiger partial charge in [0.05, 0.1) is 18.5 Å². The van der Waals surface area contributed by atoms with Crippen molar-refractivity contribution < 1.29 is 4.74 Å². The summed E-state index contributed by atoms with van der Waals surface area (Å²) in [5.41, 5.74) is 8.57. The van der Waals surface area contributed by atoms with Gasteiger partial charge in [0, 0.05) is 18.7 Å². The van der Waals surface area contributed by atoms with E-state index in [9.17, 15) is 0 Å². The van der Waals surface area contributed by atoms with Crippen molar-refractivity contribution in [3.63, 3.8) is 0 Å². The summed E-state index contributed by atoms with van der Waals surface area (Å²) in [4.78, 5) is 7.08. The van der Waals surface area contributed by atoms with Gasteiger partial charge in [-0.3, -0.25) is 0 Å². The SMILES string of the molecule is COc1ccc(-c2cccc(N3CCCC3)n2)cc1N. The number of hydrogen-bond acceptors (Lipinski definition) is 4. The molecule has 20 heavy (non-hydrogen) atoms. The average molecular weight is 269 g/mol. The van der Waals surface area contributed by atoms with Gasteiger partial charge < -0.3 is 15.4 Å².